The van der Waals surface area contributed by atoms with Crippen LogP contribution in [0.4, 0.5) is 0 Å². The Bertz CT molecular complexity index is 453. The Hall–Kier alpha value is -0.883. The van der Waals surface area contributed by atoms with E-state index in [1.807, 2.05) is 0 Å². The summed E-state index contributed by atoms with van der Waals surface area (Å²) in [6, 6.07) is 0. The van der Waals surface area contributed by atoms with E-state index >= 15 is 0 Å². The van der Waals surface area contributed by atoms with E-state index in [1.165, 1.54) is 7.11 Å². The van der Waals surface area contributed by atoms with Crippen molar-refractivity contribution in [2.75, 3.05) is 13.7 Å². The average molecular weight is 314 g/mol. The molecule has 6 heteroatoms. The Kier molecular flexibility index (Phi) is 3.99. The van der Waals surface area contributed by atoms with Crippen LogP contribution in [0.1, 0.15) is 33.6 Å². The molecule has 0 N–H and O–H groups in total. The number of cyclic esters (lactones) is 1. The van der Waals surface area contributed by atoms with Gasteiger partial charge in [0.2, 0.25) is 0 Å². The molecule has 0 aromatic rings. The van der Waals surface area contributed by atoms with Gasteiger partial charge in [0.1, 0.15) is 0 Å². The SMILES string of the molecule is COC(=O)[C@@]12CC[C@H](O[Si](C)(C)C(C)(C)C)[C@@H]1COC2=O. The summed E-state index contributed by atoms with van der Waals surface area (Å²) in [4.78, 5) is 24.3. The highest BCUT2D eigenvalue weighted by Gasteiger charge is 2.65. The van der Waals surface area contributed by atoms with Crippen molar-refractivity contribution in [1.29, 1.82) is 0 Å². The van der Waals surface area contributed by atoms with Gasteiger partial charge in [0.15, 0.2) is 13.7 Å². The molecule has 0 aromatic heterocycles. The van der Waals surface area contributed by atoms with Crippen LogP contribution in [0, 0.1) is 11.3 Å². The molecule has 1 saturated heterocycles. The van der Waals surface area contributed by atoms with Crippen molar-refractivity contribution in [1.82, 2.24) is 0 Å². The normalized spacial score (nSPS) is 32.8. The summed E-state index contributed by atoms with van der Waals surface area (Å²) >= 11 is 0. The molecule has 120 valence electrons. The predicted molar refractivity (Wildman–Crippen MR) is 80.2 cm³/mol. The number of hydrogen-bond acceptors (Lipinski definition) is 5. The van der Waals surface area contributed by atoms with Crippen molar-refractivity contribution >= 4 is 20.3 Å². The quantitative estimate of drug-likeness (QED) is 0.455. The molecule has 0 radical (unpaired) electrons. The van der Waals surface area contributed by atoms with Gasteiger partial charge >= 0.3 is 11.9 Å². The highest BCUT2D eigenvalue weighted by atomic mass is 28.4. The van der Waals surface area contributed by atoms with E-state index in [0.717, 1.165) is 0 Å². The predicted octanol–water partition coefficient (Wildman–Crippen LogP) is 2.50. The number of rotatable bonds is 3. The first-order valence-electron chi connectivity index (χ1n) is 7.50. The minimum atomic E-state index is -1.95. The van der Waals surface area contributed by atoms with Crippen LogP contribution in [0.25, 0.3) is 0 Å². The van der Waals surface area contributed by atoms with E-state index in [1.54, 1.807) is 0 Å². The molecule has 2 fully saturated rings. The summed E-state index contributed by atoms with van der Waals surface area (Å²) in [5.41, 5.74) is -1.14. The third kappa shape index (κ3) is 2.42. The number of esters is 2. The molecule has 0 spiro atoms. The molecular formula is C15H26O5Si. The molecule has 1 saturated carbocycles. The number of carbonyl (C=O) groups excluding carboxylic acids is 2. The summed E-state index contributed by atoms with van der Waals surface area (Å²) < 4.78 is 16.5. The monoisotopic (exact) mass is 314 g/mol. The number of methoxy groups -OCH3 is 1. The van der Waals surface area contributed by atoms with Gasteiger partial charge in [-0.05, 0) is 31.0 Å². The maximum atomic E-state index is 12.2. The van der Waals surface area contributed by atoms with Crippen LogP contribution in [0.15, 0.2) is 0 Å². The van der Waals surface area contributed by atoms with Gasteiger partial charge in [0.25, 0.3) is 0 Å². The van der Waals surface area contributed by atoms with Crippen LogP contribution in [-0.2, 0) is 23.5 Å². The lowest BCUT2D eigenvalue weighted by Gasteiger charge is -2.39. The van der Waals surface area contributed by atoms with Crippen LogP contribution >= 0.6 is 0 Å². The number of ether oxygens (including phenoxy) is 2. The third-order valence-electron chi connectivity index (χ3n) is 5.47. The standard InChI is InChI=1S/C15H26O5Si/c1-14(2,3)21(5,6)20-11-7-8-15(12(16)18-4)10(11)9-19-13(15)17/h10-11H,7-9H2,1-6H3/t10-,11-,15+/m0/s1. The van der Waals surface area contributed by atoms with Gasteiger partial charge in [-0.15, -0.1) is 0 Å². The molecule has 3 atom stereocenters. The minimum absolute atomic E-state index is 0.0903. The topological polar surface area (TPSA) is 61.8 Å². The van der Waals surface area contributed by atoms with Crippen molar-refractivity contribution in [3.8, 4) is 0 Å². The molecule has 0 amide bonds. The lowest BCUT2D eigenvalue weighted by atomic mass is 9.79. The molecule has 0 aromatic carbocycles. The first kappa shape index (κ1) is 16.5. The van der Waals surface area contributed by atoms with Crippen molar-refractivity contribution in [3.05, 3.63) is 0 Å². The Morgan fingerprint density at radius 1 is 1.38 bits per heavy atom. The Morgan fingerprint density at radius 2 is 2.00 bits per heavy atom. The second-order valence-electron chi connectivity index (χ2n) is 7.62. The second kappa shape index (κ2) is 5.09. The maximum absolute atomic E-state index is 12.2. The average Bonchev–Trinajstić information content (AvgIpc) is 2.88. The molecule has 2 rings (SSSR count). The molecule has 5 nitrogen and oxygen atoms in total. The highest BCUT2D eigenvalue weighted by Crippen LogP contribution is 2.52. The van der Waals surface area contributed by atoms with Gasteiger partial charge < -0.3 is 13.9 Å². The van der Waals surface area contributed by atoms with E-state index in [0.29, 0.717) is 12.8 Å². The molecule has 0 bridgehead atoms. The zero-order chi connectivity index (χ0) is 16.1. The van der Waals surface area contributed by atoms with E-state index in [9.17, 15) is 9.59 Å². The largest absolute Gasteiger partial charge is 0.468 e. The van der Waals surface area contributed by atoms with Gasteiger partial charge in [-0.1, -0.05) is 20.8 Å². The van der Waals surface area contributed by atoms with Crippen molar-refractivity contribution < 1.29 is 23.5 Å². The molecular weight excluding hydrogens is 288 g/mol. The van der Waals surface area contributed by atoms with E-state index in [2.05, 4.69) is 33.9 Å². The molecule has 1 aliphatic carbocycles. The molecule has 0 unspecified atom stereocenters. The lowest BCUT2D eigenvalue weighted by molar-refractivity contribution is -0.163. The van der Waals surface area contributed by atoms with Crippen molar-refractivity contribution in [2.45, 2.75) is 57.8 Å². The van der Waals surface area contributed by atoms with Crippen LogP contribution in [-0.4, -0.2) is 40.1 Å². The van der Waals surface area contributed by atoms with Gasteiger partial charge in [-0.25, -0.2) is 0 Å². The minimum Gasteiger partial charge on any atom is -0.468 e. The van der Waals surface area contributed by atoms with Gasteiger partial charge in [-0.2, -0.15) is 0 Å². The van der Waals surface area contributed by atoms with E-state index < -0.39 is 25.7 Å². The zero-order valence-electron chi connectivity index (χ0n) is 13.8. The molecule has 2 aliphatic rings. The van der Waals surface area contributed by atoms with Gasteiger partial charge in [0.05, 0.1) is 19.8 Å². The smallest absolute Gasteiger partial charge is 0.324 e. The lowest BCUT2D eigenvalue weighted by Crippen LogP contribution is -2.47. The van der Waals surface area contributed by atoms with Crippen LogP contribution in [0.3, 0.4) is 0 Å². The maximum Gasteiger partial charge on any atom is 0.324 e. The fourth-order valence-electron chi connectivity index (χ4n) is 3.09. The zero-order valence-corrected chi connectivity index (χ0v) is 14.8. The highest BCUT2D eigenvalue weighted by molar-refractivity contribution is 6.74. The van der Waals surface area contributed by atoms with Gasteiger partial charge in [0, 0.05) is 5.92 Å². The summed E-state index contributed by atoms with van der Waals surface area (Å²) in [5, 5.41) is 0.0903. The second-order valence-corrected chi connectivity index (χ2v) is 12.4. The summed E-state index contributed by atoms with van der Waals surface area (Å²) in [5.74, 6) is -1.14. The van der Waals surface area contributed by atoms with Crippen LogP contribution in [0.2, 0.25) is 18.1 Å². The molecule has 1 aliphatic heterocycles. The fraction of sp³-hybridized carbons (Fsp3) is 0.867. The number of fused-ring (bicyclic) bond motifs is 1. The Balaban J connectivity index is 2.24. The van der Waals surface area contributed by atoms with Crippen molar-refractivity contribution in [3.63, 3.8) is 0 Å². The van der Waals surface area contributed by atoms with Crippen LogP contribution in [0.5, 0.6) is 0 Å². The Labute approximate surface area is 127 Å². The Morgan fingerprint density at radius 3 is 2.52 bits per heavy atom. The molecule has 1 heterocycles. The number of hydrogen-bond donors (Lipinski definition) is 0. The third-order valence-corrected chi connectivity index (χ3v) is 9.97. The van der Waals surface area contributed by atoms with Crippen molar-refractivity contribution in [2.24, 2.45) is 11.3 Å². The molecule has 21 heavy (non-hydrogen) atoms. The van der Waals surface area contributed by atoms with E-state index in [-0.39, 0.29) is 23.7 Å². The van der Waals surface area contributed by atoms with Gasteiger partial charge in [-0.3, -0.25) is 9.59 Å². The van der Waals surface area contributed by atoms with E-state index in [4.69, 9.17) is 13.9 Å². The summed E-state index contributed by atoms with van der Waals surface area (Å²) in [6.07, 6.45) is 1.07. The first-order chi connectivity index (χ1) is 9.56. The number of carbonyl (C=O) groups is 2. The fourth-order valence-corrected chi connectivity index (χ4v) is 4.48. The summed E-state index contributed by atoms with van der Waals surface area (Å²) in [6.45, 7) is 11.2. The first-order valence-corrected chi connectivity index (χ1v) is 10.4. The van der Waals surface area contributed by atoms with Crippen LogP contribution < -0.4 is 0 Å². The summed E-state index contributed by atoms with van der Waals surface area (Å²) in [7, 11) is -0.627.